The minimum atomic E-state index is -3.31. The van der Waals surface area contributed by atoms with E-state index in [4.69, 9.17) is 11.0 Å². The van der Waals surface area contributed by atoms with Gasteiger partial charge in [0.15, 0.2) is 0 Å². The summed E-state index contributed by atoms with van der Waals surface area (Å²) in [6, 6.07) is 11.8. The summed E-state index contributed by atoms with van der Waals surface area (Å²) < 4.78 is 37.9. The number of amides is 2. The Bertz CT molecular complexity index is 1340. The van der Waals surface area contributed by atoms with Crippen LogP contribution >= 0.6 is 0 Å². The van der Waals surface area contributed by atoms with Crippen LogP contribution in [-0.4, -0.2) is 29.5 Å². The Labute approximate surface area is 192 Å². The molecule has 174 valence electrons. The van der Waals surface area contributed by atoms with Gasteiger partial charge in [-0.15, -0.1) is 0 Å². The van der Waals surface area contributed by atoms with Crippen molar-refractivity contribution >= 4 is 34.1 Å². The zero-order valence-electron chi connectivity index (χ0n) is 18.0. The average Bonchev–Trinajstić information content (AvgIpc) is 3.58. The molecule has 0 bridgehead atoms. The molecule has 0 saturated heterocycles. The highest BCUT2D eigenvalue weighted by molar-refractivity contribution is 6.01. The molecule has 4 rings (SSSR count). The Kier molecular flexibility index (Phi) is 6.11. The highest BCUT2D eigenvalue weighted by Gasteiger charge is 2.43. The predicted molar refractivity (Wildman–Crippen MR) is 121 cm³/mol. The number of carbonyl (C=O) groups excluding carboxylic acids is 2. The second-order valence-corrected chi connectivity index (χ2v) is 8.16. The van der Waals surface area contributed by atoms with E-state index in [9.17, 15) is 22.8 Å². The number of aromatic nitrogens is 1. The van der Waals surface area contributed by atoms with Gasteiger partial charge in [0.2, 0.25) is 12.2 Å². The molecule has 10 heteroatoms. The zero-order valence-corrected chi connectivity index (χ0v) is 18.0. The van der Waals surface area contributed by atoms with Crippen molar-refractivity contribution < 1.29 is 22.8 Å². The topological polar surface area (TPSA) is 121 Å². The Hall–Kier alpha value is -4.13. The van der Waals surface area contributed by atoms with Gasteiger partial charge < -0.3 is 16.4 Å². The van der Waals surface area contributed by atoms with Crippen molar-refractivity contribution in [3.05, 3.63) is 53.7 Å². The molecule has 1 heterocycles. The second-order valence-electron chi connectivity index (χ2n) is 8.16. The Morgan fingerprint density at radius 1 is 1.21 bits per heavy atom. The number of nitrogens with one attached hydrogen (secondary N) is 2. The number of hydrogen-bond donors (Lipinski definition) is 3. The van der Waals surface area contributed by atoms with E-state index in [0.717, 1.165) is 11.1 Å². The van der Waals surface area contributed by atoms with Gasteiger partial charge in [0, 0.05) is 22.8 Å². The fourth-order valence-corrected chi connectivity index (χ4v) is 3.76. The van der Waals surface area contributed by atoms with E-state index < -0.39 is 18.6 Å². The fourth-order valence-electron chi connectivity index (χ4n) is 3.76. The van der Waals surface area contributed by atoms with Crippen molar-refractivity contribution in [2.24, 2.45) is 11.8 Å². The first-order chi connectivity index (χ1) is 16.2. The zero-order chi connectivity index (χ0) is 24.6. The number of nitrogen functional groups attached to an aromatic ring is 1. The third-order valence-corrected chi connectivity index (χ3v) is 5.70. The number of fused-ring (bicyclic) bond motifs is 1. The lowest BCUT2D eigenvalue weighted by Crippen LogP contribution is -2.36. The lowest BCUT2D eigenvalue weighted by Gasteiger charge is -2.13. The Morgan fingerprint density at radius 2 is 1.97 bits per heavy atom. The van der Waals surface area contributed by atoms with E-state index in [-0.39, 0.29) is 23.3 Å². The molecule has 7 nitrogen and oxygen atoms in total. The highest BCUT2D eigenvalue weighted by Crippen LogP contribution is 2.38. The number of pyridine rings is 1. The number of hydrogen-bond acceptors (Lipinski definition) is 5. The third-order valence-electron chi connectivity index (χ3n) is 5.70. The molecular formula is C24H20F3N5O2. The van der Waals surface area contributed by atoms with E-state index >= 15 is 0 Å². The number of nitrogens with two attached hydrogens (primary N) is 1. The number of carbonyl (C=O) groups is 2. The van der Waals surface area contributed by atoms with Crippen LogP contribution in [0.4, 0.5) is 24.7 Å². The standard InChI is InChI=1S/C24H20F3N5O2/c1-11-4-12(23(33)32-22(27)21(25)26)2-3-16(11)13-5-14-8-20(30-10-18(14)19(29)7-13)31-24(34)17-6-15(17)9-28/h2-5,7-8,10,15,17,21-22H,6,29H2,1H3,(H,32,33)(H,30,31,34). The SMILES string of the molecule is Cc1cc(C(=O)NC(F)C(F)F)ccc1-c1cc(N)c2cnc(NC(=O)C3CC3C#N)cc2c1. The van der Waals surface area contributed by atoms with E-state index in [1.54, 1.807) is 36.6 Å². The van der Waals surface area contributed by atoms with Gasteiger partial charge in [-0.25, -0.2) is 18.2 Å². The van der Waals surface area contributed by atoms with Gasteiger partial charge in [-0.1, -0.05) is 6.07 Å². The van der Waals surface area contributed by atoms with Crippen LogP contribution in [0.1, 0.15) is 22.3 Å². The molecule has 1 aliphatic rings. The Morgan fingerprint density at radius 3 is 2.62 bits per heavy atom. The number of nitriles is 1. The molecule has 2 amide bonds. The molecule has 2 aromatic carbocycles. The summed E-state index contributed by atoms with van der Waals surface area (Å²) in [5.74, 6) is -1.45. The second kappa shape index (κ2) is 9.02. The first-order valence-corrected chi connectivity index (χ1v) is 10.4. The van der Waals surface area contributed by atoms with Crippen LogP contribution in [0, 0.1) is 30.1 Å². The van der Waals surface area contributed by atoms with Crippen molar-refractivity contribution in [1.82, 2.24) is 10.3 Å². The first kappa shape index (κ1) is 23.0. The molecule has 1 aliphatic carbocycles. The predicted octanol–water partition coefficient (Wildman–Crippen LogP) is 4.18. The largest absolute Gasteiger partial charge is 0.398 e. The highest BCUT2D eigenvalue weighted by atomic mass is 19.3. The maximum atomic E-state index is 13.2. The monoisotopic (exact) mass is 467 g/mol. The maximum absolute atomic E-state index is 13.2. The quantitative estimate of drug-likeness (QED) is 0.371. The van der Waals surface area contributed by atoms with Crippen molar-refractivity contribution in [3.63, 3.8) is 0 Å². The average molecular weight is 467 g/mol. The van der Waals surface area contributed by atoms with Crippen LogP contribution in [0.15, 0.2) is 42.6 Å². The molecule has 0 spiro atoms. The Balaban J connectivity index is 1.60. The van der Waals surface area contributed by atoms with E-state index in [0.29, 0.717) is 34.3 Å². The number of halogens is 3. The number of rotatable bonds is 6. The van der Waals surface area contributed by atoms with Crippen LogP contribution in [0.5, 0.6) is 0 Å². The van der Waals surface area contributed by atoms with E-state index in [1.807, 2.05) is 6.07 Å². The van der Waals surface area contributed by atoms with Crippen molar-refractivity contribution in [1.29, 1.82) is 5.26 Å². The molecule has 1 saturated carbocycles. The smallest absolute Gasteiger partial charge is 0.287 e. The number of benzene rings is 2. The molecular weight excluding hydrogens is 447 g/mol. The summed E-state index contributed by atoms with van der Waals surface area (Å²) in [6.45, 7) is 1.73. The summed E-state index contributed by atoms with van der Waals surface area (Å²) >= 11 is 0. The van der Waals surface area contributed by atoms with Crippen molar-refractivity contribution in [2.75, 3.05) is 11.1 Å². The molecule has 4 N–H and O–H groups in total. The van der Waals surface area contributed by atoms with Gasteiger partial charge in [-0.3, -0.25) is 9.59 Å². The number of nitrogens with zero attached hydrogens (tertiary/aromatic N) is 2. The van der Waals surface area contributed by atoms with Gasteiger partial charge in [0.25, 0.3) is 12.3 Å². The normalized spacial score (nSPS) is 17.8. The minimum absolute atomic E-state index is 0.0447. The number of alkyl halides is 3. The van der Waals surface area contributed by atoms with Gasteiger partial charge in [-0.05, 0) is 65.8 Å². The number of aryl methyl sites for hydroxylation is 1. The van der Waals surface area contributed by atoms with Crippen molar-refractivity contribution in [3.8, 4) is 17.2 Å². The lowest BCUT2D eigenvalue weighted by atomic mass is 9.95. The summed E-state index contributed by atoms with van der Waals surface area (Å²) in [4.78, 5) is 28.5. The molecule has 1 aromatic heterocycles. The molecule has 3 atom stereocenters. The van der Waals surface area contributed by atoms with Gasteiger partial charge >= 0.3 is 0 Å². The van der Waals surface area contributed by atoms with Gasteiger partial charge in [0.1, 0.15) is 5.82 Å². The molecule has 3 unspecified atom stereocenters. The van der Waals surface area contributed by atoms with Crippen LogP contribution in [0.25, 0.3) is 21.9 Å². The van der Waals surface area contributed by atoms with Crippen LogP contribution in [0.2, 0.25) is 0 Å². The van der Waals surface area contributed by atoms with Crippen molar-refractivity contribution in [2.45, 2.75) is 26.1 Å². The summed E-state index contributed by atoms with van der Waals surface area (Å²) in [7, 11) is 0. The summed E-state index contributed by atoms with van der Waals surface area (Å²) in [5.41, 5.74) is 8.81. The molecule has 3 aromatic rings. The van der Waals surface area contributed by atoms with Crippen LogP contribution in [0.3, 0.4) is 0 Å². The lowest BCUT2D eigenvalue weighted by molar-refractivity contribution is -0.117. The summed E-state index contributed by atoms with van der Waals surface area (Å²) in [5, 5.41) is 14.6. The van der Waals surface area contributed by atoms with Gasteiger partial charge in [-0.2, -0.15) is 5.26 Å². The molecule has 0 radical (unpaired) electrons. The van der Waals surface area contributed by atoms with Crippen LogP contribution < -0.4 is 16.4 Å². The number of anilines is 2. The molecule has 0 aliphatic heterocycles. The third kappa shape index (κ3) is 4.64. The maximum Gasteiger partial charge on any atom is 0.287 e. The van der Waals surface area contributed by atoms with Crippen LogP contribution in [-0.2, 0) is 4.79 Å². The van der Waals surface area contributed by atoms with E-state index in [1.165, 1.54) is 12.1 Å². The first-order valence-electron chi connectivity index (χ1n) is 10.4. The van der Waals surface area contributed by atoms with E-state index in [2.05, 4.69) is 16.4 Å². The molecule has 34 heavy (non-hydrogen) atoms. The fraction of sp³-hybridized carbons (Fsp3) is 0.250. The molecule has 1 fully saturated rings. The summed E-state index contributed by atoms with van der Waals surface area (Å²) in [6.07, 6.45) is -3.98. The van der Waals surface area contributed by atoms with Gasteiger partial charge in [0.05, 0.1) is 17.9 Å². The minimum Gasteiger partial charge on any atom is -0.398 e.